The molecule has 5 rings (SSSR count). The van der Waals surface area contributed by atoms with Crippen molar-refractivity contribution < 1.29 is 13.7 Å². The van der Waals surface area contributed by atoms with Crippen LogP contribution in [-0.2, 0) is 7.05 Å². The number of ether oxygens (including phenoxy) is 1. The first-order valence-electron chi connectivity index (χ1n) is 10.7. The number of benzene rings is 1. The molecule has 0 fully saturated rings. The lowest BCUT2D eigenvalue weighted by Crippen LogP contribution is -2.11. The van der Waals surface area contributed by atoms with Crippen molar-refractivity contribution in [3.63, 3.8) is 0 Å². The van der Waals surface area contributed by atoms with Crippen LogP contribution >= 0.6 is 11.6 Å². The topological polar surface area (TPSA) is 129 Å². The highest BCUT2D eigenvalue weighted by atomic mass is 35.5. The molecule has 10 nitrogen and oxygen atoms in total. The standard InChI is InChI=1S/C24H20ClN5O5/c1-11-7-15(13(3)33-17-5-6-18(25)27-19(17)23-28-24(32)35-29-23)22-16(8-11)20(31)12(2)21(34-22)14-9-26-30(4)10-14/h5-10,13H,1-4H3,(H,28,29,32)/t13-/m1/s1. The number of hydrogen-bond acceptors (Lipinski definition) is 8. The van der Waals surface area contributed by atoms with E-state index in [4.69, 9.17) is 20.8 Å². The Morgan fingerprint density at radius 1 is 1.20 bits per heavy atom. The van der Waals surface area contributed by atoms with Gasteiger partial charge in [0.25, 0.3) is 0 Å². The van der Waals surface area contributed by atoms with Crippen molar-refractivity contribution in [1.29, 1.82) is 0 Å². The molecule has 0 spiro atoms. The van der Waals surface area contributed by atoms with Gasteiger partial charge in [-0.05, 0) is 50.6 Å². The Morgan fingerprint density at radius 2 is 2.00 bits per heavy atom. The van der Waals surface area contributed by atoms with Gasteiger partial charge in [0, 0.05) is 24.4 Å². The molecule has 0 aliphatic rings. The number of halogens is 1. The van der Waals surface area contributed by atoms with Gasteiger partial charge in [-0.3, -0.25) is 19.0 Å². The highest BCUT2D eigenvalue weighted by Gasteiger charge is 2.22. The minimum Gasteiger partial charge on any atom is -0.483 e. The predicted molar refractivity (Wildman–Crippen MR) is 129 cm³/mol. The summed E-state index contributed by atoms with van der Waals surface area (Å²) < 4.78 is 18.8. The maximum Gasteiger partial charge on any atom is 0.439 e. The lowest BCUT2D eigenvalue weighted by molar-refractivity contribution is 0.227. The third-order valence-corrected chi connectivity index (χ3v) is 5.80. The Morgan fingerprint density at radius 3 is 2.69 bits per heavy atom. The third kappa shape index (κ3) is 4.12. The highest BCUT2D eigenvalue weighted by molar-refractivity contribution is 6.29. The fourth-order valence-corrected chi connectivity index (χ4v) is 4.10. The Bertz CT molecular complexity index is 1700. The summed E-state index contributed by atoms with van der Waals surface area (Å²) in [4.78, 5) is 31.4. The summed E-state index contributed by atoms with van der Waals surface area (Å²) in [6.07, 6.45) is 2.86. The number of nitrogens with zero attached hydrogens (tertiary/aromatic N) is 4. The van der Waals surface area contributed by atoms with Crippen LogP contribution in [0.4, 0.5) is 0 Å². The summed E-state index contributed by atoms with van der Waals surface area (Å²) in [5.74, 6) is 0.102. The van der Waals surface area contributed by atoms with E-state index in [2.05, 4.69) is 24.7 Å². The maximum absolute atomic E-state index is 13.3. The molecule has 0 aliphatic carbocycles. The van der Waals surface area contributed by atoms with Gasteiger partial charge in [0.1, 0.15) is 28.3 Å². The van der Waals surface area contributed by atoms with Crippen LogP contribution in [0.3, 0.4) is 0 Å². The number of H-pyrrole nitrogens is 1. The van der Waals surface area contributed by atoms with Crippen molar-refractivity contribution in [3.8, 4) is 28.6 Å². The van der Waals surface area contributed by atoms with E-state index in [-0.39, 0.29) is 22.1 Å². The van der Waals surface area contributed by atoms with Crippen molar-refractivity contribution in [2.24, 2.45) is 7.05 Å². The fourth-order valence-electron chi connectivity index (χ4n) is 3.96. The van der Waals surface area contributed by atoms with Gasteiger partial charge in [-0.2, -0.15) is 5.10 Å². The summed E-state index contributed by atoms with van der Waals surface area (Å²) >= 11 is 6.06. The van der Waals surface area contributed by atoms with Crippen LogP contribution < -0.4 is 15.9 Å². The molecule has 4 heterocycles. The van der Waals surface area contributed by atoms with Crippen LogP contribution in [0.2, 0.25) is 5.15 Å². The van der Waals surface area contributed by atoms with E-state index in [1.165, 1.54) is 0 Å². The number of nitrogens with one attached hydrogen (secondary N) is 1. The first-order valence-corrected chi connectivity index (χ1v) is 11.1. The van der Waals surface area contributed by atoms with E-state index < -0.39 is 11.9 Å². The van der Waals surface area contributed by atoms with Crippen LogP contribution in [0.25, 0.3) is 33.8 Å². The summed E-state index contributed by atoms with van der Waals surface area (Å²) in [6.45, 7) is 5.45. The summed E-state index contributed by atoms with van der Waals surface area (Å²) in [7, 11) is 1.79. The zero-order valence-electron chi connectivity index (χ0n) is 19.2. The van der Waals surface area contributed by atoms with Gasteiger partial charge in [0.05, 0.1) is 17.1 Å². The van der Waals surface area contributed by atoms with Crippen molar-refractivity contribution >= 4 is 22.6 Å². The second-order valence-corrected chi connectivity index (χ2v) is 8.59. The van der Waals surface area contributed by atoms with Crippen LogP contribution in [0.1, 0.15) is 29.7 Å². The zero-order chi connectivity index (χ0) is 24.9. The van der Waals surface area contributed by atoms with Crippen molar-refractivity contribution in [1.82, 2.24) is 24.9 Å². The van der Waals surface area contributed by atoms with Gasteiger partial charge >= 0.3 is 5.76 Å². The Hall–Kier alpha value is -4.18. The maximum atomic E-state index is 13.3. The van der Waals surface area contributed by atoms with Crippen molar-refractivity contribution in [3.05, 3.63) is 79.3 Å². The Kier molecular flexibility index (Phi) is 5.52. The number of aromatic amines is 1. The summed E-state index contributed by atoms with van der Waals surface area (Å²) in [5.41, 5.74) is 3.22. The van der Waals surface area contributed by atoms with Crippen molar-refractivity contribution in [2.75, 3.05) is 0 Å². The molecule has 5 aromatic rings. The third-order valence-electron chi connectivity index (χ3n) is 5.59. The van der Waals surface area contributed by atoms with Crippen LogP contribution in [0.15, 0.2) is 55.2 Å². The molecule has 1 aromatic carbocycles. The minimum atomic E-state index is -0.731. The molecule has 178 valence electrons. The van der Waals surface area contributed by atoms with Crippen molar-refractivity contribution in [2.45, 2.75) is 26.9 Å². The molecule has 0 unspecified atom stereocenters. The fraction of sp³-hybridized carbons (Fsp3) is 0.208. The monoisotopic (exact) mass is 493 g/mol. The smallest absolute Gasteiger partial charge is 0.439 e. The number of aromatic nitrogens is 5. The normalized spacial score (nSPS) is 12.3. The molecule has 0 amide bonds. The molecular formula is C24H20ClN5O5. The van der Waals surface area contributed by atoms with Gasteiger partial charge in [0.15, 0.2) is 11.1 Å². The molecule has 11 heteroatoms. The SMILES string of the molecule is Cc1cc([C@@H](C)Oc2ccc(Cl)nc2-c2noc(=O)[nH]2)c2oc(-c3cnn(C)c3)c(C)c(=O)c2c1. The first kappa shape index (κ1) is 22.6. The molecular weight excluding hydrogens is 474 g/mol. The van der Waals surface area contributed by atoms with Gasteiger partial charge in [-0.1, -0.05) is 16.8 Å². The molecule has 0 aliphatic heterocycles. The minimum absolute atomic E-state index is 0.0785. The van der Waals surface area contributed by atoms with E-state index in [0.29, 0.717) is 39.2 Å². The molecule has 1 N–H and O–H groups in total. The number of pyridine rings is 1. The lowest BCUT2D eigenvalue weighted by Gasteiger charge is -2.19. The highest BCUT2D eigenvalue weighted by Crippen LogP contribution is 2.35. The number of aryl methyl sites for hydroxylation is 2. The van der Waals surface area contributed by atoms with E-state index in [0.717, 1.165) is 5.56 Å². The number of rotatable bonds is 5. The summed E-state index contributed by atoms with van der Waals surface area (Å²) in [5, 5.41) is 8.52. The molecule has 0 saturated carbocycles. The van der Waals surface area contributed by atoms with Gasteiger partial charge < -0.3 is 9.15 Å². The predicted octanol–water partition coefficient (Wildman–Crippen LogP) is 4.34. The van der Waals surface area contributed by atoms with E-state index in [1.807, 2.05) is 19.9 Å². The first-order chi connectivity index (χ1) is 16.7. The lowest BCUT2D eigenvalue weighted by atomic mass is 10.0. The summed E-state index contributed by atoms with van der Waals surface area (Å²) in [6, 6.07) is 6.88. The van der Waals surface area contributed by atoms with Crippen LogP contribution in [0, 0.1) is 13.8 Å². The average molecular weight is 494 g/mol. The zero-order valence-corrected chi connectivity index (χ0v) is 20.0. The molecule has 0 saturated heterocycles. The average Bonchev–Trinajstić information content (AvgIpc) is 3.45. The molecule has 0 bridgehead atoms. The Labute approximate surface area is 203 Å². The second-order valence-electron chi connectivity index (χ2n) is 8.20. The largest absolute Gasteiger partial charge is 0.483 e. The number of hydrogen-bond donors (Lipinski definition) is 1. The van der Waals surface area contributed by atoms with Crippen LogP contribution in [-0.4, -0.2) is 24.9 Å². The quantitative estimate of drug-likeness (QED) is 0.358. The molecule has 1 atom stereocenters. The molecule has 4 aromatic heterocycles. The molecule has 0 radical (unpaired) electrons. The number of fused-ring (bicyclic) bond motifs is 1. The van der Waals surface area contributed by atoms with E-state index in [1.54, 1.807) is 49.2 Å². The van der Waals surface area contributed by atoms with Gasteiger partial charge in [0.2, 0.25) is 5.82 Å². The Balaban J connectivity index is 1.64. The van der Waals surface area contributed by atoms with Gasteiger partial charge in [-0.25, -0.2) is 9.78 Å². The van der Waals surface area contributed by atoms with Crippen LogP contribution in [0.5, 0.6) is 5.75 Å². The van der Waals surface area contributed by atoms with E-state index in [9.17, 15) is 9.59 Å². The molecule has 35 heavy (non-hydrogen) atoms. The second kappa shape index (κ2) is 8.55. The van der Waals surface area contributed by atoms with E-state index >= 15 is 0 Å². The van der Waals surface area contributed by atoms with Gasteiger partial charge in [-0.15, -0.1) is 0 Å².